The summed E-state index contributed by atoms with van der Waals surface area (Å²) in [5, 5.41) is 11.5. The first kappa shape index (κ1) is 17.4. The number of benzene rings is 2. The molecule has 8 heteroatoms. The first-order chi connectivity index (χ1) is 12.1. The van der Waals surface area contributed by atoms with Crippen molar-refractivity contribution in [3.8, 4) is 22.9 Å². The zero-order valence-electron chi connectivity index (χ0n) is 13.6. The summed E-state index contributed by atoms with van der Waals surface area (Å²) in [6, 6.07) is 13.2. The molecule has 6 nitrogen and oxygen atoms in total. The van der Waals surface area contributed by atoms with Crippen molar-refractivity contribution in [3.63, 3.8) is 0 Å². The number of aromatic amines is 1. The van der Waals surface area contributed by atoms with Gasteiger partial charge in [-0.3, -0.25) is 0 Å². The molecular formula is C17H15BrN4O2S. The molecule has 2 aromatic carbocycles. The molecule has 0 bridgehead atoms. The molecule has 0 saturated carbocycles. The molecule has 0 saturated heterocycles. The smallest absolute Gasteiger partial charge is 0.216 e. The molecule has 1 aromatic heterocycles. The Morgan fingerprint density at radius 3 is 2.72 bits per heavy atom. The Morgan fingerprint density at radius 1 is 1.20 bits per heavy atom. The van der Waals surface area contributed by atoms with Crippen LogP contribution in [0.2, 0.25) is 0 Å². The SMILES string of the molecule is COc1ccc(OC)c(/C=N\n2c(-c3ccccc3Br)n[nH]c2=S)c1. The minimum absolute atomic E-state index is 0.392. The normalized spacial score (nSPS) is 11.0. The molecule has 0 fully saturated rings. The van der Waals surface area contributed by atoms with Gasteiger partial charge in [0.1, 0.15) is 11.5 Å². The van der Waals surface area contributed by atoms with Crippen molar-refractivity contribution in [3.05, 3.63) is 57.3 Å². The minimum Gasteiger partial charge on any atom is -0.497 e. The molecule has 0 atom stereocenters. The van der Waals surface area contributed by atoms with E-state index in [1.54, 1.807) is 25.1 Å². The Hall–Kier alpha value is -2.45. The molecule has 0 spiro atoms. The van der Waals surface area contributed by atoms with Gasteiger partial charge in [-0.05, 0) is 42.5 Å². The van der Waals surface area contributed by atoms with Crippen LogP contribution in [-0.4, -0.2) is 35.3 Å². The molecular weight excluding hydrogens is 404 g/mol. The molecule has 3 rings (SSSR count). The molecule has 1 N–H and O–H groups in total. The zero-order valence-corrected chi connectivity index (χ0v) is 16.0. The largest absolute Gasteiger partial charge is 0.497 e. The van der Waals surface area contributed by atoms with Gasteiger partial charge < -0.3 is 9.47 Å². The van der Waals surface area contributed by atoms with Crippen LogP contribution in [0.25, 0.3) is 11.4 Å². The van der Waals surface area contributed by atoms with E-state index in [-0.39, 0.29) is 0 Å². The molecule has 0 aliphatic rings. The summed E-state index contributed by atoms with van der Waals surface area (Å²) in [5.74, 6) is 2.00. The van der Waals surface area contributed by atoms with E-state index < -0.39 is 0 Å². The van der Waals surface area contributed by atoms with Crippen molar-refractivity contribution >= 4 is 34.4 Å². The van der Waals surface area contributed by atoms with Gasteiger partial charge in [0.2, 0.25) is 4.77 Å². The highest BCUT2D eigenvalue weighted by molar-refractivity contribution is 9.10. The maximum absolute atomic E-state index is 5.37. The lowest BCUT2D eigenvalue weighted by molar-refractivity contribution is 0.402. The van der Waals surface area contributed by atoms with Gasteiger partial charge in [-0.25, -0.2) is 5.10 Å². The number of rotatable bonds is 5. The molecule has 0 aliphatic carbocycles. The monoisotopic (exact) mass is 418 g/mol. The van der Waals surface area contributed by atoms with Gasteiger partial charge in [0.05, 0.1) is 20.4 Å². The topological polar surface area (TPSA) is 64.4 Å². The van der Waals surface area contributed by atoms with Gasteiger partial charge in [-0.2, -0.15) is 14.9 Å². The number of halogens is 1. The van der Waals surface area contributed by atoms with Crippen molar-refractivity contribution in [2.24, 2.45) is 5.10 Å². The average Bonchev–Trinajstić information content (AvgIpc) is 3.00. The maximum Gasteiger partial charge on any atom is 0.216 e. The van der Waals surface area contributed by atoms with Crippen molar-refractivity contribution in [1.29, 1.82) is 0 Å². The summed E-state index contributed by atoms with van der Waals surface area (Å²) in [7, 11) is 3.22. The Labute approximate surface area is 158 Å². The highest BCUT2D eigenvalue weighted by Crippen LogP contribution is 2.27. The fourth-order valence-electron chi connectivity index (χ4n) is 2.28. The number of hydrogen-bond donors (Lipinski definition) is 1. The Balaban J connectivity index is 2.05. The quantitative estimate of drug-likeness (QED) is 0.496. The third-order valence-electron chi connectivity index (χ3n) is 3.51. The summed E-state index contributed by atoms with van der Waals surface area (Å²) in [5.41, 5.74) is 1.65. The number of nitrogens with zero attached hydrogens (tertiary/aromatic N) is 3. The van der Waals surface area contributed by atoms with E-state index in [0.717, 1.165) is 15.6 Å². The zero-order chi connectivity index (χ0) is 17.8. The van der Waals surface area contributed by atoms with Crippen LogP contribution >= 0.6 is 28.1 Å². The molecule has 0 amide bonds. The number of aromatic nitrogens is 3. The van der Waals surface area contributed by atoms with E-state index in [4.69, 9.17) is 21.7 Å². The fraction of sp³-hybridized carbons (Fsp3) is 0.118. The van der Waals surface area contributed by atoms with Gasteiger partial charge in [0.25, 0.3) is 0 Å². The van der Waals surface area contributed by atoms with Crippen LogP contribution in [-0.2, 0) is 0 Å². The van der Waals surface area contributed by atoms with Gasteiger partial charge in [-0.15, -0.1) is 0 Å². The predicted molar refractivity (Wildman–Crippen MR) is 103 cm³/mol. The average molecular weight is 419 g/mol. The second kappa shape index (κ2) is 7.62. The Bertz CT molecular complexity index is 981. The summed E-state index contributed by atoms with van der Waals surface area (Å²) < 4.78 is 13.5. The summed E-state index contributed by atoms with van der Waals surface area (Å²) in [6.07, 6.45) is 1.66. The molecule has 0 unspecified atom stereocenters. The third kappa shape index (κ3) is 3.64. The van der Waals surface area contributed by atoms with Crippen molar-refractivity contribution in [2.75, 3.05) is 14.2 Å². The van der Waals surface area contributed by atoms with Crippen LogP contribution in [0.15, 0.2) is 52.0 Å². The second-order valence-corrected chi connectivity index (χ2v) is 6.24. The van der Waals surface area contributed by atoms with Gasteiger partial charge in [-0.1, -0.05) is 28.1 Å². The summed E-state index contributed by atoms with van der Waals surface area (Å²) in [4.78, 5) is 0. The highest BCUT2D eigenvalue weighted by atomic mass is 79.9. The van der Waals surface area contributed by atoms with E-state index in [2.05, 4.69) is 31.2 Å². The highest BCUT2D eigenvalue weighted by Gasteiger charge is 2.11. The number of hydrogen-bond acceptors (Lipinski definition) is 5. The van der Waals surface area contributed by atoms with Crippen LogP contribution in [0.5, 0.6) is 11.5 Å². The lowest BCUT2D eigenvalue weighted by atomic mass is 10.2. The Kier molecular flexibility index (Phi) is 5.30. The minimum atomic E-state index is 0.392. The lowest BCUT2D eigenvalue weighted by Crippen LogP contribution is -1.97. The van der Waals surface area contributed by atoms with Crippen molar-refractivity contribution in [1.82, 2.24) is 14.9 Å². The predicted octanol–water partition coefficient (Wildman–Crippen LogP) is 4.27. The standard InChI is InChI=1S/C17H15BrN4O2S/c1-23-12-7-8-15(24-2)11(9-12)10-19-22-16(20-21-17(22)25)13-5-3-4-6-14(13)18/h3-10H,1-2H3,(H,21,25)/b19-10-. The first-order valence-corrected chi connectivity index (χ1v) is 8.53. The van der Waals surface area contributed by atoms with Crippen LogP contribution < -0.4 is 9.47 Å². The summed E-state index contributed by atoms with van der Waals surface area (Å²) >= 11 is 8.83. The van der Waals surface area contributed by atoms with Gasteiger partial charge in [0, 0.05) is 15.6 Å². The van der Waals surface area contributed by atoms with Crippen LogP contribution in [0, 0.1) is 4.77 Å². The van der Waals surface area contributed by atoms with Crippen LogP contribution in [0.3, 0.4) is 0 Å². The molecule has 25 heavy (non-hydrogen) atoms. The summed E-state index contributed by atoms with van der Waals surface area (Å²) in [6.45, 7) is 0. The molecule has 128 valence electrons. The van der Waals surface area contributed by atoms with E-state index in [0.29, 0.717) is 22.1 Å². The first-order valence-electron chi connectivity index (χ1n) is 7.32. The fourth-order valence-corrected chi connectivity index (χ4v) is 2.92. The van der Waals surface area contributed by atoms with E-state index in [9.17, 15) is 0 Å². The number of H-pyrrole nitrogens is 1. The number of methoxy groups -OCH3 is 2. The maximum atomic E-state index is 5.37. The molecule has 1 heterocycles. The number of nitrogens with one attached hydrogen (secondary N) is 1. The second-order valence-electron chi connectivity index (χ2n) is 5.00. The van der Waals surface area contributed by atoms with Crippen LogP contribution in [0.1, 0.15) is 5.56 Å². The van der Waals surface area contributed by atoms with E-state index in [1.807, 2.05) is 42.5 Å². The van der Waals surface area contributed by atoms with E-state index in [1.165, 1.54) is 0 Å². The van der Waals surface area contributed by atoms with Gasteiger partial charge in [0.15, 0.2) is 5.82 Å². The number of ether oxygens (including phenoxy) is 2. The Morgan fingerprint density at radius 2 is 2.00 bits per heavy atom. The third-order valence-corrected chi connectivity index (χ3v) is 4.47. The van der Waals surface area contributed by atoms with E-state index >= 15 is 0 Å². The molecule has 0 aliphatic heterocycles. The molecule has 3 aromatic rings. The lowest BCUT2D eigenvalue weighted by Gasteiger charge is -2.07. The van der Waals surface area contributed by atoms with Gasteiger partial charge >= 0.3 is 0 Å². The van der Waals surface area contributed by atoms with Crippen molar-refractivity contribution < 1.29 is 9.47 Å². The van der Waals surface area contributed by atoms with Crippen molar-refractivity contribution in [2.45, 2.75) is 0 Å². The molecule has 0 radical (unpaired) electrons. The van der Waals surface area contributed by atoms with Crippen LogP contribution in [0.4, 0.5) is 0 Å².